The summed E-state index contributed by atoms with van der Waals surface area (Å²) in [7, 11) is 0. The number of aryl methyl sites for hydroxylation is 2. The van der Waals surface area contributed by atoms with Gasteiger partial charge in [0.1, 0.15) is 0 Å². The number of carbonyl (C=O) groups is 1. The number of anilines is 1. The number of hydrogen-bond acceptors (Lipinski definition) is 2. The molecule has 0 spiro atoms. The molecule has 0 aliphatic rings. The van der Waals surface area contributed by atoms with Gasteiger partial charge in [0.05, 0.1) is 0 Å². The molecule has 23 heavy (non-hydrogen) atoms. The van der Waals surface area contributed by atoms with Crippen molar-refractivity contribution in [2.45, 2.75) is 33.7 Å². The number of carbonyl (C=O) groups excluding carboxylic acids is 1. The van der Waals surface area contributed by atoms with Crippen molar-refractivity contribution in [2.24, 2.45) is 0 Å². The topological polar surface area (TPSA) is 32.3 Å². The predicted octanol–water partition coefficient (Wildman–Crippen LogP) is 3.84. The monoisotopic (exact) mass is 310 g/mol. The summed E-state index contributed by atoms with van der Waals surface area (Å²) in [5, 5.41) is 3.00. The second-order valence-electron chi connectivity index (χ2n) is 5.93. The third-order valence-electron chi connectivity index (χ3n) is 3.93. The zero-order chi connectivity index (χ0) is 16.7. The van der Waals surface area contributed by atoms with Crippen LogP contribution >= 0.6 is 0 Å². The van der Waals surface area contributed by atoms with Gasteiger partial charge in [-0.05, 0) is 44.0 Å². The van der Waals surface area contributed by atoms with Gasteiger partial charge in [-0.15, -0.1) is 0 Å². The van der Waals surface area contributed by atoms with E-state index < -0.39 is 0 Å². The Kier molecular flexibility index (Phi) is 6.21. The largest absolute Gasteiger partial charge is 0.371 e. The highest BCUT2D eigenvalue weighted by molar-refractivity contribution is 5.76. The van der Waals surface area contributed by atoms with Gasteiger partial charge in [0.2, 0.25) is 5.91 Å². The fourth-order valence-corrected chi connectivity index (χ4v) is 2.64. The lowest BCUT2D eigenvalue weighted by atomic mass is 10.1. The lowest BCUT2D eigenvalue weighted by Gasteiger charge is -2.23. The molecule has 0 aliphatic carbocycles. The quantitative estimate of drug-likeness (QED) is 0.843. The third kappa shape index (κ3) is 5.44. The average Bonchev–Trinajstić information content (AvgIpc) is 2.54. The molecule has 2 rings (SSSR count). The summed E-state index contributed by atoms with van der Waals surface area (Å²) in [6, 6.07) is 16.6. The molecule has 122 valence electrons. The molecule has 3 nitrogen and oxygen atoms in total. The number of benzene rings is 2. The van der Waals surface area contributed by atoms with Crippen molar-refractivity contribution < 1.29 is 4.79 Å². The summed E-state index contributed by atoms with van der Waals surface area (Å²) in [5.41, 5.74) is 4.78. The molecule has 0 bridgehead atoms. The van der Waals surface area contributed by atoms with Gasteiger partial charge in [0.25, 0.3) is 0 Å². The fraction of sp³-hybridized carbons (Fsp3) is 0.350. The van der Waals surface area contributed by atoms with Crippen LogP contribution in [0, 0.1) is 13.8 Å². The van der Waals surface area contributed by atoms with Gasteiger partial charge in [-0.2, -0.15) is 0 Å². The second-order valence-corrected chi connectivity index (χ2v) is 5.93. The Balaban J connectivity index is 1.83. The molecule has 1 N–H and O–H groups in total. The Morgan fingerprint density at radius 2 is 1.74 bits per heavy atom. The van der Waals surface area contributed by atoms with Gasteiger partial charge in [-0.25, -0.2) is 0 Å². The van der Waals surface area contributed by atoms with Gasteiger partial charge < -0.3 is 10.2 Å². The summed E-state index contributed by atoms with van der Waals surface area (Å²) in [6.07, 6.45) is 0.508. The number of nitrogens with zero attached hydrogens (tertiary/aromatic N) is 1. The fourth-order valence-electron chi connectivity index (χ4n) is 2.64. The highest BCUT2D eigenvalue weighted by atomic mass is 16.1. The number of nitrogens with one attached hydrogen (secondary N) is 1. The van der Waals surface area contributed by atoms with Crippen LogP contribution in [0.25, 0.3) is 0 Å². The molecule has 0 saturated carbocycles. The Morgan fingerprint density at radius 1 is 1.04 bits per heavy atom. The second kappa shape index (κ2) is 8.37. The molecule has 0 fully saturated rings. The van der Waals surface area contributed by atoms with Crippen LogP contribution < -0.4 is 10.2 Å². The van der Waals surface area contributed by atoms with Crippen LogP contribution in [-0.2, 0) is 11.3 Å². The van der Waals surface area contributed by atoms with Crippen molar-refractivity contribution in [1.82, 2.24) is 5.32 Å². The zero-order valence-corrected chi connectivity index (χ0v) is 14.3. The Hall–Kier alpha value is -2.29. The van der Waals surface area contributed by atoms with Gasteiger partial charge in [0, 0.05) is 31.7 Å². The number of hydrogen-bond donors (Lipinski definition) is 1. The Morgan fingerprint density at radius 3 is 2.39 bits per heavy atom. The van der Waals surface area contributed by atoms with Crippen molar-refractivity contribution in [2.75, 3.05) is 18.0 Å². The maximum Gasteiger partial charge on any atom is 0.222 e. The van der Waals surface area contributed by atoms with Crippen molar-refractivity contribution in [3.63, 3.8) is 0 Å². The first-order valence-corrected chi connectivity index (χ1v) is 8.22. The highest BCUT2D eigenvalue weighted by Crippen LogP contribution is 2.15. The van der Waals surface area contributed by atoms with E-state index in [0.29, 0.717) is 13.0 Å². The van der Waals surface area contributed by atoms with Crippen molar-refractivity contribution in [3.05, 3.63) is 65.2 Å². The van der Waals surface area contributed by atoms with Crippen molar-refractivity contribution in [3.8, 4) is 0 Å². The molecular weight excluding hydrogens is 284 g/mol. The minimum atomic E-state index is 0.0950. The molecule has 0 atom stereocenters. The van der Waals surface area contributed by atoms with E-state index in [1.54, 1.807) is 0 Å². The van der Waals surface area contributed by atoms with Crippen molar-refractivity contribution in [1.29, 1.82) is 0 Å². The minimum absolute atomic E-state index is 0.0950. The van der Waals surface area contributed by atoms with E-state index in [4.69, 9.17) is 0 Å². The molecule has 2 aromatic rings. The lowest BCUT2D eigenvalue weighted by molar-refractivity contribution is -0.121. The summed E-state index contributed by atoms with van der Waals surface area (Å²) in [5.74, 6) is 0.0950. The van der Waals surface area contributed by atoms with E-state index >= 15 is 0 Å². The summed E-state index contributed by atoms with van der Waals surface area (Å²) in [6.45, 7) is 8.50. The van der Waals surface area contributed by atoms with Crippen LogP contribution in [0.3, 0.4) is 0 Å². The lowest BCUT2D eigenvalue weighted by Crippen LogP contribution is -2.30. The Bertz CT molecular complexity index is 652. The van der Waals surface area contributed by atoms with E-state index in [-0.39, 0.29) is 5.91 Å². The molecule has 2 aromatic carbocycles. The maximum atomic E-state index is 12.1. The first-order chi connectivity index (χ1) is 11.1. The molecule has 0 unspecified atom stereocenters. The van der Waals surface area contributed by atoms with E-state index in [9.17, 15) is 4.79 Å². The summed E-state index contributed by atoms with van der Waals surface area (Å²) >= 11 is 0. The first kappa shape index (κ1) is 17.1. The molecule has 0 aliphatic heterocycles. The predicted molar refractivity (Wildman–Crippen MR) is 96.7 cm³/mol. The number of amides is 1. The molecule has 0 aromatic heterocycles. The van der Waals surface area contributed by atoms with E-state index in [2.05, 4.69) is 67.4 Å². The minimum Gasteiger partial charge on any atom is -0.371 e. The van der Waals surface area contributed by atoms with E-state index in [1.807, 2.05) is 12.1 Å². The normalized spacial score (nSPS) is 10.4. The van der Waals surface area contributed by atoms with Gasteiger partial charge in [0.15, 0.2) is 0 Å². The van der Waals surface area contributed by atoms with E-state index in [0.717, 1.165) is 18.7 Å². The maximum absolute atomic E-state index is 12.1. The van der Waals surface area contributed by atoms with Gasteiger partial charge in [-0.3, -0.25) is 4.79 Å². The van der Waals surface area contributed by atoms with Crippen LogP contribution in [0.4, 0.5) is 5.69 Å². The molecule has 1 amide bonds. The van der Waals surface area contributed by atoms with Crippen LogP contribution in [-0.4, -0.2) is 19.0 Å². The van der Waals surface area contributed by atoms with Crippen LogP contribution in [0.2, 0.25) is 0 Å². The average molecular weight is 310 g/mol. The zero-order valence-electron chi connectivity index (χ0n) is 14.3. The van der Waals surface area contributed by atoms with Gasteiger partial charge >= 0.3 is 0 Å². The molecule has 0 saturated heterocycles. The van der Waals surface area contributed by atoms with Gasteiger partial charge in [-0.1, -0.05) is 42.0 Å². The summed E-state index contributed by atoms with van der Waals surface area (Å²) < 4.78 is 0. The smallest absolute Gasteiger partial charge is 0.222 e. The molecular formula is C20H26N2O. The first-order valence-electron chi connectivity index (χ1n) is 8.22. The third-order valence-corrected chi connectivity index (χ3v) is 3.93. The van der Waals surface area contributed by atoms with Crippen LogP contribution in [0.15, 0.2) is 48.5 Å². The highest BCUT2D eigenvalue weighted by Gasteiger charge is 2.08. The molecule has 0 heterocycles. The standard InChI is InChI=1S/C20H26N2O/c1-4-22(19-10-6-8-17(3)14-19)12-11-20(23)21-15-18-9-5-7-16(2)13-18/h5-10,13-14H,4,11-12,15H2,1-3H3,(H,21,23). The summed E-state index contributed by atoms with van der Waals surface area (Å²) in [4.78, 5) is 14.3. The van der Waals surface area contributed by atoms with Crippen molar-refractivity contribution >= 4 is 11.6 Å². The van der Waals surface area contributed by atoms with Crippen LogP contribution in [0.1, 0.15) is 30.0 Å². The van der Waals surface area contributed by atoms with E-state index in [1.165, 1.54) is 16.8 Å². The van der Waals surface area contributed by atoms with Crippen LogP contribution in [0.5, 0.6) is 0 Å². The molecule has 3 heteroatoms. The molecule has 0 radical (unpaired) electrons. The Labute approximate surface area is 139 Å². The number of rotatable bonds is 7. The SMILES string of the molecule is CCN(CCC(=O)NCc1cccc(C)c1)c1cccc(C)c1.